The van der Waals surface area contributed by atoms with Crippen molar-refractivity contribution in [3.8, 4) is 5.75 Å². The minimum Gasteiger partial charge on any atom is -0.494 e. The molecule has 2 rings (SSSR count). The van der Waals surface area contributed by atoms with Gasteiger partial charge in [-0.1, -0.05) is 18.7 Å². The van der Waals surface area contributed by atoms with E-state index in [1.54, 1.807) is 11.8 Å². The summed E-state index contributed by atoms with van der Waals surface area (Å²) in [4.78, 5) is 7.93. The van der Waals surface area contributed by atoms with Gasteiger partial charge in [-0.25, -0.2) is 4.98 Å². The molecule has 0 aliphatic heterocycles. The number of imidazole rings is 1. The molecule has 110 valence electrons. The Labute approximate surface area is 124 Å². The molecule has 0 fully saturated rings. The molecule has 2 aromatic rings. The standard InChI is InChI=1S/C15H23N3OS/c1-3-8-16-9-5-10-20-15-17-13-7-6-12(19-4-2)11-14(13)18-15/h6-7,11,16H,3-5,8-10H2,1-2H3,(H,17,18). The van der Waals surface area contributed by atoms with Crippen LogP contribution in [0.25, 0.3) is 11.0 Å². The highest BCUT2D eigenvalue weighted by molar-refractivity contribution is 7.99. The lowest BCUT2D eigenvalue weighted by atomic mass is 10.3. The Hall–Kier alpha value is -1.20. The SMILES string of the molecule is CCCNCCCSc1nc2ccc(OCC)cc2[nH]1. The van der Waals surface area contributed by atoms with Crippen LogP contribution in [0.1, 0.15) is 26.7 Å². The van der Waals surface area contributed by atoms with E-state index in [4.69, 9.17) is 4.74 Å². The molecular weight excluding hydrogens is 270 g/mol. The van der Waals surface area contributed by atoms with Gasteiger partial charge >= 0.3 is 0 Å². The Morgan fingerprint density at radius 3 is 3.00 bits per heavy atom. The molecule has 0 aliphatic rings. The van der Waals surface area contributed by atoms with Gasteiger partial charge in [0.25, 0.3) is 0 Å². The summed E-state index contributed by atoms with van der Waals surface area (Å²) in [6.45, 7) is 7.05. The summed E-state index contributed by atoms with van der Waals surface area (Å²) in [5.74, 6) is 1.97. The number of aromatic amines is 1. The summed E-state index contributed by atoms with van der Waals surface area (Å²) in [6.07, 6.45) is 2.35. The summed E-state index contributed by atoms with van der Waals surface area (Å²) < 4.78 is 5.50. The highest BCUT2D eigenvalue weighted by Crippen LogP contribution is 2.23. The molecule has 2 N–H and O–H groups in total. The van der Waals surface area contributed by atoms with Crippen LogP contribution in [-0.4, -0.2) is 35.4 Å². The zero-order chi connectivity index (χ0) is 14.2. The van der Waals surface area contributed by atoms with E-state index in [0.717, 1.165) is 47.2 Å². The van der Waals surface area contributed by atoms with Gasteiger partial charge < -0.3 is 15.0 Å². The van der Waals surface area contributed by atoms with E-state index in [-0.39, 0.29) is 0 Å². The quantitative estimate of drug-likeness (QED) is 0.549. The fraction of sp³-hybridized carbons (Fsp3) is 0.533. The van der Waals surface area contributed by atoms with E-state index in [1.165, 1.54) is 6.42 Å². The largest absolute Gasteiger partial charge is 0.494 e. The molecule has 0 aliphatic carbocycles. The number of fused-ring (bicyclic) bond motifs is 1. The Morgan fingerprint density at radius 1 is 1.30 bits per heavy atom. The summed E-state index contributed by atoms with van der Waals surface area (Å²) in [6, 6.07) is 5.98. The maximum Gasteiger partial charge on any atom is 0.166 e. The van der Waals surface area contributed by atoms with E-state index in [1.807, 2.05) is 25.1 Å². The van der Waals surface area contributed by atoms with Gasteiger partial charge in [-0.3, -0.25) is 0 Å². The lowest BCUT2D eigenvalue weighted by molar-refractivity contribution is 0.340. The molecule has 1 aromatic heterocycles. The number of hydrogen-bond acceptors (Lipinski definition) is 4. The van der Waals surface area contributed by atoms with Crippen molar-refractivity contribution >= 4 is 22.8 Å². The molecule has 0 bridgehead atoms. The Bertz CT molecular complexity index is 527. The number of nitrogens with zero attached hydrogens (tertiary/aromatic N) is 1. The molecule has 1 aromatic carbocycles. The molecule has 20 heavy (non-hydrogen) atoms. The summed E-state index contributed by atoms with van der Waals surface area (Å²) in [5, 5.41) is 4.40. The van der Waals surface area contributed by atoms with Crippen molar-refractivity contribution in [1.82, 2.24) is 15.3 Å². The first-order valence-corrected chi connectivity index (χ1v) is 8.28. The fourth-order valence-electron chi connectivity index (χ4n) is 1.96. The van der Waals surface area contributed by atoms with E-state index < -0.39 is 0 Å². The van der Waals surface area contributed by atoms with E-state index in [0.29, 0.717) is 6.61 Å². The molecule has 0 spiro atoms. The molecule has 0 amide bonds. The van der Waals surface area contributed by atoms with Gasteiger partial charge in [0.2, 0.25) is 0 Å². The summed E-state index contributed by atoms with van der Waals surface area (Å²) in [7, 11) is 0. The van der Waals surface area contributed by atoms with Gasteiger partial charge in [0.15, 0.2) is 5.16 Å². The van der Waals surface area contributed by atoms with E-state index in [2.05, 4.69) is 22.2 Å². The average Bonchev–Trinajstić information content (AvgIpc) is 2.85. The molecule has 0 radical (unpaired) electrons. The first-order valence-electron chi connectivity index (χ1n) is 7.29. The van der Waals surface area contributed by atoms with Crippen molar-refractivity contribution in [3.05, 3.63) is 18.2 Å². The third-order valence-electron chi connectivity index (χ3n) is 2.91. The third-order valence-corrected chi connectivity index (χ3v) is 3.87. The van der Waals surface area contributed by atoms with Crippen molar-refractivity contribution < 1.29 is 4.74 Å². The first kappa shape index (κ1) is 15.2. The van der Waals surface area contributed by atoms with Crippen LogP contribution in [0, 0.1) is 0 Å². The van der Waals surface area contributed by atoms with Gasteiger partial charge in [-0.2, -0.15) is 0 Å². The lowest BCUT2D eigenvalue weighted by Crippen LogP contribution is -2.16. The van der Waals surface area contributed by atoms with Crippen LogP contribution in [0.3, 0.4) is 0 Å². The average molecular weight is 293 g/mol. The molecule has 0 saturated carbocycles. The number of nitrogens with one attached hydrogen (secondary N) is 2. The highest BCUT2D eigenvalue weighted by Gasteiger charge is 2.04. The van der Waals surface area contributed by atoms with E-state index in [9.17, 15) is 0 Å². The van der Waals surface area contributed by atoms with Crippen LogP contribution in [0.4, 0.5) is 0 Å². The topological polar surface area (TPSA) is 49.9 Å². The molecule has 0 unspecified atom stereocenters. The smallest absolute Gasteiger partial charge is 0.166 e. The second-order valence-corrected chi connectivity index (χ2v) is 5.69. The number of benzene rings is 1. The third kappa shape index (κ3) is 4.42. The van der Waals surface area contributed by atoms with E-state index >= 15 is 0 Å². The lowest BCUT2D eigenvalue weighted by Gasteiger charge is -2.01. The zero-order valence-electron chi connectivity index (χ0n) is 12.2. The molecule has 5 heteroatoms. The number of thioether (sulfide) groups is 1. The monoisotopic (exact) mass is 293 g/mol. The Balaban J connectivity index is 1.84. The second-order valence-electron chi connectivity index (χ2n) is 4.61. The van der Waals surface area contributed by atoms with Crippen LogP contribution in [0.5, 0.6) is 5.75 Å². The normalized spacial score (nSPS) is 11.1. The highest BCUT2D eigenvalue weighted by atomic mass is 32.2. The Morgan fingerprint density at radius 2 is 2.20 bits per heavy atom. The van der Waals surface area contributed by atoms with Gasteiger partial charge in [-0.15, -0.1) is 0 Å². The number of rotatable bonds is 9. The number of hydrogen-bond donors (Lipinski definition) is 2. The second kappa shape index (κ2) is 8.17. The molecule has 1 heterocycles. The molecule has 0 saturated heterocycles. The minimum atomic E-state index is 0.687. The molecule has 0 atom stereocenters. The first-order chi connectivity index (χ1) is 9.83. The maximum absolute atomic E-state index is 5.50. The summed E-state index contributed by atoms with van der Waals surface area (Å²) >= 11 is 1.78. The maximum atomic E-state index is 5.50. The number of H-pyrrole nitrogens is 1. The van der Waals surface area contributed by atoms with Gasteiger partial charge in [0.1, 0.15) is 5.75 Å². The number of ether oxygens (including phenoxy) is 1. The van der Waals surface area contributed by atoms with Gasteiger partial charge in [-0.05, 0) is 45.0 Å². The predicted molar refractivity (Wildman–Crippen MR) is 85.8 cm³/mol. The number of aromatic nitrogens is 2. The van der Waals surface area contributed by atoms with Crippen LogP contribution in [0.15, 0.2) is 23.4 Å². The van der Waals surface area contributed by atoms with Crippen molar-refractivity contribution in [2.75, 3.05) is 25.4 Å². The zero-order valence-corrected chi connectivity index (χ0v) is 13.1. The van der Waals surface area contributed by atoms with Crippen molar-refractivity contribution in [1.29, 1.82) is 0 Å². The van der Waals surface area contributed by atoms with Crippen LogP contribution in [-0.2, 0) is 0 Å². The Kier molecular flexibility index (Phi) is 6.21. The fourth-order valence-corrected chi connectivity index (χ4v) is 2.78. The minimum absolute atomic E-state index is 0.687. The van der Waals surface area contributed by atoms with Crippen LogP contribution >= 0.6 is 11.8 Å². The van der Waals surface area contributed by atoms with Gasteiger partial charge in [0, 0.05) is 11.8 Å². The molecular formula is C15H23N3OS. The summed E-state index contributed by atoms with van der Waals surface area (Å²) in [5.41, 5.74) is 2.04. The van der Waals surface area contributed by atoms with Gasteiger partial charge in [0.05, 0.1) is 17.6 Å². The van der Waals surface area contributed by atoms with Crippen molar-refractivity contribution in [2.45, 2.75) is 31.8 Å². The van der Waals surface area contributed by atoms with Crippen LogP contribution in [0.2, 0.25) is 0 Å². The van der Waals surface area contributed by atoms with Crippen molar-refractivity contribution in [3.63, 3.8) is 0 Å². The van der Waals surface area contributed by atoms with Crippen molar-refractivity contribution in [2.24, 2.45) is 0 Å². The molecule has 4 nitrogen and oxygen atoms in total. The van der Waals surface area contributed by atoms with Crippen LogP contribution < -0.4 is 10.1 Å². The predicted octanol–water partition coefficient (Wildman–Crippen LogP) is 3.44.